The summed E-state index contributed by atoms with van der Waals surface area (Å²) in [7, 11) is 0. The maximum Gasteiger partial charge on any atom is 0.215 e. The average molecular weight is 115 g/mol. The van der Waals surface area contributed by atoms with Crippen LogP contribution in [0.2, 0.25) is 0 Å². The van der Waals surface area contributed by atoms with Crippen molar-refractivity contribution in [3.8, 4) is 0 Å². The molecule has 8 heavy (non-hydrogen) atoms. The van der Waals surface area contributed by atoms with E-state index in [0.29, 0.717) is 5.92 Å². The lowest BCUT2D eigenvalue weighted by molar-refractivity contribution is -0.546. The van der Waals surface area contributed by atoms with Crippen LogP contribution < -0.4 is 0 Å². The number of rotatable bonds is 1. The maximum atomic E-state index is 10.00. The van der Waals surface area contributed by atoms with Gasteiger partial charge >= 0.3 is 0 Å². The quantitative estimate of drug-likeness (QED) is 0.379. The lowest BCUT2D eigenvalue weighted by Gasteiger charge is -2.25. The first-order chi connectivity index (χ1) is 3.72. The van der Waals surface area contributed by atoms with Crippen molar-refractivity contribution in [3.05, 3.63) is 10.1 Å². The minimum atomic E-state index is -0.227. The zero-order chi connectivity index (χ0) is 6.15. The topological polar surface area (TPSA) is 43.1 Å². The van der Waals surface area contributed by atoms with Gasteiger partial charge in [0.05, 0.1) is 0 Å². The Balaban J connectivity index is 2.37. The Bertz CT molecular complexity index is 113. The predicted molar refractivity (Wildman–Crippen MR) is 29.2 cm³/mol. The van der Waals surface area contributed by atoms with Gasteiger partial charge in [-0.15, -0.1) is 0 Å². The van der Waals surface area contributed by atoms with Gasteiger partial charge in [-0.05, 0) is 6.42 Å². The summed E-state index contributed by atoms with van der Waals surface area (Å²) in [6.45, 7) is 1.93. The fraction of sp³-hybridized carbons (Fsp3) is 1.00. The van der Waals surface area contributed by atoms with Crippen molar-refractivity contribution >= 4 is 0 Å². The smallest absolute Gasteiger partial charge is 0.215 e. The highest BCUT2D eigenvalue weighted by atomic mass is 16.6. The number of nitro groups is 1. The fourth-order valence-electron chi connectivity index (χ4n) is 0.962. The van der Waals surface area contributed by atoms with Crippen LogP contribution in [0.5, 0.6) is 0 Å². The average Bonchev–Trinajstić information content (AvgIpc) is 1.61. The molecular formula is C5H9NO2. The highest BCUT2D eigenvalue weighted by Gasteiger charge is 2.36. The largest absolute Gasteiger partial charge is 0.264 e. The van der Waals surface area contributed by atoms with E-state index in [2.05, 4.69) is 0 Å². The molecule has 3 heteroatoms. The van der Waals surface area contributed by atoms with Gasteiger partial charge in [-0.25, -0.2) is 0 Å². The summed E-state index contributed by atoms with van der Waals surface area (Å²) in [5.74, 6) is 0.324. The van der Waals surface area contributed by atoms with Crippen molar-refractivity contribution in [2.45, 2.75) is 25.8 Å². The van der Waals surface area contributed by atoms with Gasteiger partial charge in [-0.1, -0.05) is 6.92 Å². The van der Waals surface area contributed by atoms with E-state index in [4.69, 9.17) is 0 Å². The third-order valence-electron chi connectivity index (χ3n) is 1.85. The molecule has 1 saturated carbocycles. The molecule has 0 amide bonds. The summed E-state index contributed by atoms with van der Waals surface area (Å²) in [4.78, 5) is 9.83. The first kappa shape index (κ1) is 5.54. The van der Waals surface area contributed by atoms with Gasteiger partial charge in [0, 0.05) is 17.3 Å². The zero-order valence-corrected chi connectivity index (χ0v) is 4.83. The van der Waals surface area contributed by atoms with Crippen molar-refractivity contribution < 1.29 is 4.92 Å². The number of hydrogen-bond acceptors (Lipinski definition) is 2. The van der Waals surface area contributed by atoms with E-state index in [0.717, 1.165) is 12.8 Å². The molecule has 1 aliphatic rings. The van der Waals surface area contributed by atoms with E-state index >= 15 is 0 Å². The fourth-order valence-corrected chi connectivity index (χ4v) is 0.962. The first-order valence-electron chi connectivity index (χ1n) is 2.85. The Kier molecular flexibility index (Phi) is 1.19. The van der Waals surface area contributed by atoms with Crippen molar-refractivity contribution in [2.24, 2.45) is 5.92 Å². The summed E-state index contributed by atoms with van der Waals surface area (Å²) >= 11 is 0. The van der Waals surface area contributed by atoms with Gasteiger partial charge in [-0.2, -0.15) is 0 Å². The standard InChI is InChI=1S/C5H9NO2/c1-4-2-3-5(4)6(7)8/h4-5H,2-3H2,1H3/t4-,5+/m0/s1. The Morgan fingerprint density at radius 3 is 2.25 bits per heavy atom. The second kappa shape index (κ2) is 1.73. The molecule has 0 aromatic heterocycles. The molecule has 0 heterocycles. The molecule has 1 rings (SSSR count). The van der Waals surface area contributed by atoms with E-state index < -0.39 is 0 Å². The molecule has 2 atom stereocenters. The van der Waals surface area contributed by atoms with E-state index in [1.54, 1.807) is 0 Å². The van der Waals surface area contributed by atoms with E-state index in [9.17, 15) is 10.1 Å². The molecule has 0 N–H and O–H groups in total. The Morgan fingerprint density at radius 2 is 2.25 bits per heavy atom. The highest BCUT2D eigenvalue weighted by molar-refractivity contribution is 4.76. The van der Waals surface area contributed by atoms with Crippen LogP contribution in [0.4, 0.5) is 0 Å². The van der Waals surface area contributed by atoms with Gasteiger partial charge in [-0.3, -0.25) is 10.1 Å². The van der Waals surface area contributed by atoms with Crippen LogP contribution >= 0.6 is 0 Å². The van der Waals surface area contributed by atoms with Crippen molar-refractivity contribution in [2.75, 3.05) is 0 Å². The van der Waals surface area contributed by atoms with Gasteiger partial charge < -0.3 is 0 Å². The van der Waals surface area contributed by atoms with Gasteiger partial charge in [0.1, 0.15) is 0 Å². The summed E-state index contributed by atoms with van der Waals surface area (Å²) < 4.78 is 0. The van der Waals surface area contributed by atoms with Crippen molar-refractivity contribution in [1.82, 2.24) is 0 Å². The molecule has 0 aromatic rings. The van der Waals surface area contributed by atoms with Crippen LogP contribution in [0.3, 0.4) is 0 Å². The normalized spacial score (nSPS) is 36.1. The molecule has 1 aliphatic carbocycles. The van der Waals surface area contributed by atoms with Crippen molar-refractivity contribution in [3.63, 3.8) is 0 Å². The lowest BCUT2D eigenvalue weighted by atomic mass is 9.82. The lowest BCUT2D eigenvalue weighted by Crippen LogP contribution is -2.36. The third kappa shape index (κ3) is 0.680. The monoisotopic (exact) mass is 115 g/mol. The van der Waals surface area contributed by atoms with Gasteiger partial charge in [0.15, 0.2) is 0 Å². The van der Waals surface area contributed by atoms with Crippen LogP contribution in [0.15, 0.2) is 0 Å². The van der Waals surface area contributed by atoms with Crippen LogP contribution in [0, 0.1) is 16.0 Å². The van der Waals surface area contributed by atoms with Gasteiger partial charge in [0.2, 0.25) is 6.04 Å². The zero-order valence-electron chi connectivity index (χ0n) is 4.83. The van der Waals surface area contributed by atoms with Crippen LogP contribution in [-0.2, 0) is 0 Å². The molecule has 0 unspecified atom stereocenters. The number of hydrogen-bond donors (Lipinski definition) is 0. The maximum absolute atomic E-state index is 10.00. The van der Waals surface area contributed by atoms with Gasteiger partial charge in [0.25, 0.3) is 0 Å². The molecule has 0 spiro atoms. The minimum Gasteiger partial charge on any atom is -0.264 e. The summed E-state index contributed by atoms with van der Waals surface area (Å²) in [6.07, 6.45) is 1.82. The second-order valence-electron chi connectivity index (χ2n) is 2.41. The molecule has 1 fully saturated rings. The first-order valence-corrected chi connectivity index (χ1v) is 2.85. The Hall–Kier alpha value is -0.600. The van der Waals surface area contributed by atoms with Crippen molar-refractivity contribution in [1.29, 1.82) is 0 Å². The SMILES string of the molecule is C[C@H]1CC[C@H]1[N+](=O)[O-]. The van der Waals surface area contributed by atoms with E-state index in [1.165, 1.54) is 0 Å². The molecule has 46 valence electrons. The minimum absolute atomic E-state index is 0.172. The molecule has 3 nitrogen and oxygen atoms in total. The highest BCUT2D eigenvalue weighted by Crippen LogP contribution is 2.28. The van der Waals surface area contributed by atoms with Crippen LogP contribution in [0.1, 0.15) is 19.8 Å². The summed E-state index contributed by atoms with van der Waals surface area (Å²) in [6, 6.07) is -0.227. The molecule has 0 radical (unpaired) electrons. The molecule has 0 saturated heterocycles. The third-order valence-corrected chi connectivity index (χ3v) is 1.85. The molecular weight excluding hydrogens is 106 g/mol. The summed E-state index contributed by atoms with van der Waals surface area (Å²) in [5, 5.41) is 10.00. The molecule has 0 aliphatic heterocycles. The van der Waals surface area contributed by atoms with E-state index in [1.807, 2.05) is 6.92 Å². The molecule has 0 bridgehead atoms. The Labute approximate surface area is 47.8 Å². The van der Waals surface area contributed by atoms with Crippen LogP contribution in [0.25, 0.3) is 0 Å². The summed E-state index contributed by atoms with van der Waals surface area (Å²) in [5.41, 5.74) is 0. The van der Waals surface area contributed by atoms with E-state index in [-0.39, 0.29) is 11.0 Å². The Morgan fingerprint density at radius 1 is 1.62 bits per heavy atom. The molecule has 0 aromatic carbocycles. The predicted octanol–water partition coefficient (Wildman–Crippen LogP) is 1.06. The number of nitrogens with zero attached hydrogens (tertiary/aromatic N) is 1. The van der Waals surface area contributed by atoms with Crippen LogP contribution in [-0.4, -0.2) is 11.0 Å². The second-order valence-corrected chi connectivity index (χ2v) is 2.41.